The van der Waals surface area contributed by atoms with E-state index in [-0.39, 0.29) is 0 Å². The Kier molecular flexibility index (Phi) is 2.99. The Hall–Kier alpha value is -0.840. The van der Waals surface area contributed by atoms with Crippen molar-refractivity contribution < 1.29 is 22.0 Å². The van der Waals surface area contributed by atoms with Crippen molar-refractivity contribution in [1.29, 1.82) is 0 Å². The quantitative estimate of drug-likeness (QED) is 0.505. The fourth-order valence-electron chi connectivity index (χ4n) is 0.950. The van der Waals surface area contributed by atoms with Crippen LogP contribution in [0.5, 0.6) is 0 Å². The van der Waals surface area contributed by atoms with Crippen LogP contribution in [0.25, 0.3) is 0 Å². The van der Waals surface area contributed by atoms with Crippen LogP contribution in [0.15, 0.2) is 0 Å². The summed E-state index contributed by atoms with van der Waals surface area (Å²) in [6, 6.07) is 0. The minimum atomic E-state index is -3.35. The topological polar surface area (TPSA) is 0 Å². The molecule has 0 aliphatic heterocycles. The molecule has 1 rings (SSSR count). The molecule has 6 heteroatoms. The Morgan fingerprint density at radius 3 is 1.93 bits per heavy atom. The Labute approximate surface area is 81.3 Å². The first-order valence-electron chi connectivity index (χ1n) is 3.48. The molecule has 0 amide bonds. The summed E-state index contributed by atoms with van der Waals surface area (Å²) in [5.41, 5.74) is -2.15. The van der Waals surface area contributed by atoms with E-state index in [0.29, 0.717) is 0 Å². The van der Waals surface area contributed by atoms with Crippen LogP contribution >= 0.6 is 11.6 Å². The molecule has 0 saturated carbocycles. The van der Waals surface area contributed by atoms with E-state index in [9.17, 15) is 22.0 Å². The fraction of sp³-hybridized carbons (Fsp3) is 0.250. The Morgan fingerprint density at radius 1 is 1.00 bits per heavy atom. The first-order valence-corrected chi connectivity index (χ1v) is 3.86. The highest BCUT2D eigenvalue weighted by molar-refractivity contribution is 6.31. The van der Waals surface area contributed by atoms with Crippen molar-refractivity contribution in [3.63, 3.8) is 0 Å². The molecule has 0 aromatic heterocycles. The number of alkyl halides is 2. The second-order valence-electron chi connectivity index (χ2n) is 2.60. The lowest BCUT2D eigenvalue weighted by Gasteiger charge is -2.09. The fourth-order valence-corrected chi connectivity index (χ4v) is 1.26. The van der Waals surface area contributed by atoms with Gasteiger partial charge < -0.3 is 0 Å². The van der Waals surface area contributed by atoms with Gasteiger partial charge in [-0.05, 0) is 6.92 Å². The molecule has 0 unspecified atom stereocenters. The van der Waals surface area contributed by atoms with Crippen molar-refractivity contribution in [3.8, 4) is 0 Å². The zero-order valence-corrected chi connectivity index (χ0v) is 7.60. The molecule has 0 spiro atoms. The van der Waals surface area contributed by atoms with Crippen molar-refractivity contribution in [3.05, 3.63) is 33.6 Å². The Balaban J connectivity index is 3.60. The Morgan fingerprint density at radius 2 is 1.50 bits per heavy atom. The van der Waals surface area contributed by atoms with Gasteiger partial charge in [-0.15, -0.1) is 0 Å². The maximum atomic E-state index is 12.9. The van der Waals surface area contributed by atoms with Crippen molar-refractivity contribution in [1.82, 2.24) is 0 Å². The summed E-state index contributed by atoms with van der Waals surface area (Å²) in [6.45, 7) is 0.912. The molecule has 0 N–H and O–H groups in total. The summed E-state index contributed by atoms with van der Waals surface area (Å²) in [7, 11) is 0. The van der Waals surface area contributed by atoms with Crippen LogP contribution in [0.2, 0.25) is 5.02 Å². The molecule has 0 heterocycles. The highest BCUT2D eigenvalue weighted by Crippen LogP contribution is 2.34. The Bertz CT molecular complexity index is 345. The number of halogens is 6. The van der Waals surface area contributed by atoms with Crippen LogP contribution in [0.4, 0.5) is 22.0 Å². The maximum absolute atomic E-state index is 12.9. The molecule has 1 aromatic carbocycles. The number of hydrogen-bond acceptors (Lipinski definition) is 0. The van der Waals surface area contributed by atoms with E-state index < -0.39 is 40.0 Å². The van der Waals surface area contributed by atoms with Gasteiger partial charge in [-0.3, -0.25) is 0 Å². The molecule has 0 aliphatic carbocycles. The van der Waals surface area contributed by atoms with E-state index >= 15 is 0 Å². The van der Waals surface area contributed by atoms with Gasteiger partial charge in [0.05, 0.1) is 10.6 Å². The predicted octanol–water partition coefficient (Wildman–Crippen LogP) is 4.00. The van der Waals surface area contributed by atoms with E-state index in [1.165, 1.54) is 0 Å². The molecule has 0 bridgehead atoms. The molecule has 0 radical (unpaired) electrons. The van der Waals surface area contributed by atoms with E-state index in [0.717, 1.165) is 6.92 Å². The first kappa shape index (κ1) is 11.2. The first-order chi connectivity index (χ1) is 6.37. The smallest absolute Gasteiger partial charge is 0.205 e. The third kappa shape index (κ3) is 1.56. The van der Waals surface area contributed by atoms with Crippen LogP contribution in [-0.2, 0) is 0 Å². The van der Waals surface area contributed by atoms with Gasteiger partial charge in [0.25, 0.3) is 6.43 Å². The molecule has 0 atom stereocenters. The summed E-state index contributed by atoms with van der Waals surface area (Å²) in [5.74, 6) is -4.80. The SMILES string of the molecule is Cc1c(F)c(F)c(C(F)F)c(Cl)c1F. The zero-order chi connectivity index (χ0) is 11.0. The summed E-state index contributed by atoms with van der Waals surface area (Å²) in [6.07, 6.45) is -3.35. The molecule has 1 aromatic rings. The number of hydrogen-bond donors (Lipinski definition) is 0. The van der Waals surface area contributed by atoms with Crippen LogP contribution < -0.4 is 0 Å². The van der Waals surface area contributed by atoms with Gasteiger partial charge in [-0.1, -0.05) is 11.6 Å². The lowest BCUT2D eigenvalue weighted by Crippen LogP contribution is -2.03. The molecule has 0 fully saturated rings. The summed E-state index contributed by atoms with van der Waals surface area (Å²) in [5, 5.41) is -1.07. The third-order valence-electron chi connectivity index (χ3n) is 1.74. The molecule has 0 nitrogen and oxygen atoms in total. The minimum Gasteiger partial charge on any atom is -0.205 e. The van der Waals surface area contributed by atoms with E-state index in [1.54, 1.807) is 0 Å². The van der Waals surface area contributed by atoms with E-state index in [1.807, 2.05) is 0 Å². The molecular formula is C8H4ClF5. The van der Waals surface area contributed by atoms with Gasteiger partial charge in [-0.25, -0.2) is 22.0 Å². The van der Waals surface area contributed by atoms with Gasteiger partial charge >= 0.3 is 0 Å². The maximum Gasteiger partial charge on any atom is 0.268 e. The number of rotatable bonds is 1. The van der Waals surface area contributed by atoms with Crippen LogP contribution in [-0.4, -0.2) is 0 Å². The van der Waals surface area contributed by atoms with Gasteiger partial charge in [0.1, 0.15) is 5.82 Å². The van der Waals surface area contributed by atoms with Gasteiger partial charge in [0.15, 0.2) is 11.6 Å². The van der Waals surface area contributed by atoms with Crippen LogP contribution in [0.3, 0.4) is 0 Å². The molecule has 14 heavy (non-hydrogen) atoms. The molecule has 0 saturated heterocycles. The molecular weight excluding hydrogens is 227 g/mol. The normalized spacial score (nSPS) is 11.1. The lowest BCUT2D eigenvalue weighted by molar-refractivity contribution is 0.144. The predicted molar refractivity (Wildman–Crippen MR) is 41.0 cm³/mol. The number of benzene rings is 1. The van der Waals surface area contributed by atoms with Crippen molar-refractivity contribution in [2.75, 3.05) is 0 Å². The highest BCUT2D eigenvalue weighted by Gasteiger charge is 2.26. The summed E-state index contributed by atoms with van der Waals surface area (Å²) in [4.78, 5) is 0. The van der Waals surface area contributed by atoms with Gasteiger partial charge in [-0.2, -0.15) is 0 Å². The lowest BCUT2D eigenvalue weighted by atomic mass is 10.1. The average molecular weight is 231 g/mol. The molecule has 0 aliphatic rings. The van der Waals surface area contributed by atoms with Crippen LogP contribution in [0, 0.1) is 24.4 Å². The van der Waals surface area contributed by atoms with Gasteiger partial charge in [0.2, 0.25) is 0 Å². The zero-order valence-electron chi connectivity index (χ0n) is 6.85. The largest absolute Gasteiger partial charge is 0.268 e. The summed E-state index contributed by atoms with van der Waals surface area (Å²) >= 11 is 5.11. The van der Waals surface area contributed by atoms with Crippen LogP contribution in [0.1, 0.15) is 17.6 Å². The van der Waals surface area contributed by atoms with Crippen molar-refractivity contribution in [2.45, 2.75) is 13.3 Å². The van der Waals surface area contributed by atoms with Crippen molar-refractivity contribution >= 4 is 11.6 Å². The monoisotopic (exact) mass is 230 g/mol. The highest BCUT2D eigenvalue weighted by atomic mass is 35.5. The molecule has 78 valence electrons. The van der Waals surface area contributed by atoms with Gasteiger partial charge in [0, 0.05) is 5.56 Å². The van der Waals surface area contributed by atoms with E-state index in [2.05, 4.69) is 0 Å². The van der Waals surface area contributed by atoms with Crippen molar-refractivity contribution in [2.24, 2.45) is 0 Å². The standard InChI is InChI=1S/C8H4ClF5/c1-2-5(10)4(9)3(8(13)14)7(12)6(2)11/h8H,1H3. The minimum absolute atomic E-state index is 0.711. The second kappa shape index (κ2) is 3.73. The second-order valence-corrected chi connectivity index (χ2v) is 2.97. The third-order valence-corrected chi connectivity index (χ3v) is 2.10. The average Bonchev–Trinajstić information content (AvgIpc) is 2.11. The van der Waals surface area contributed by atoms with E-state index in [4.69, 9.17) is 11.6 Å². The summed E-state index contributed by atoms with van der Waals surface area (Å²) < 4.78 is 62.8.